The first-order chi connectivity index (χ1) is 11.5. The van der Waals surface area contributed by atoms with Crippen LogP contribution in [0.2, 0.25) is 5.02 Å². The molecule has 7 nitrogen and oxygen atoms in total. The molecule has 0 bridgehead atoms. The van der Waals surface area contributed by atoms with Crippen molar-refractivity contribution in [3.05, 3.63) is 28.8 Å². The summed E-state index contributed by atoms with van der Waals surface area (Å²) in [4.78, 5) is 34.9. The van der Waals surface area contributed by atoms with E-state index in [-0.39, 0.29) is 6.61 Å². The topological polar surface area (TPSA) is 93.7 Å². The molecule has 0 aromatic heterocycles. The van der Waals surface area contributed by atoms with Crippen LogP contribution in [0.1, 0.15) is 18.9 Å². The number of urea groups is 1. The van der Waals surface area contributed by atoms with Crippen LogP contribution in [-0.2, 0) is 20.7 Å². The van der Waals surface area contributed by atoms with Gasteiger partial charge < -0.3 is 14.8 Å². The van der Waals surface area contributed by atoms with Gasteiger partial charge in [-0.2, -0.15) is 0 Å². The van der Waals surface area contributed by atoms with Crippen LogP contribution < -0.4 is 15.4 Å². The molecular formula is C16H19ClN2O5. The van der Waals surface area contributed by atoms with Crippen LogP contribution in [0.4, 0.5) is 4.79 Å². The van der Waals surface area contributed by atoms with Crippen molar-refractivity contribution in [3.63, 3.8) is 0 Å². The van der Waals surface area contributed by atoms with Crippen molar-refractivity contribution in [2.75, 3.05) is 19.8 Å². The van der Waals surface area contributed by atoms with E-state index in [9.17, 15) is 14.4 Å². The monoisotopic (exact) mass is 354 g/mol. The quantitative estimate of drug-likeness (QED) is 0.784. The predicted octanol–water partition coefficient (Wildman–Crippen LogP) is 1.67. The van der Waals surface area contributed by atoms with E-state index in [2.05, 4.69) is 10.6 Å². The smallest absolute Gasteiger partial charge is 0.321 e. The fraction of sp³-hybridized carbons (Fsp3) is 0.438. The number of hydrogen-bond acceptors (Lipinski definition) is 5. The lowest BCUT2D eigenvalue weighted by molar-refractivity contribution is -0.153. The Kier molecular flexibility index (Phi) is 6.43. The zero-order valence-electron chi connectivity index (χ0n) is 13.3. The summed E-state index contributed by atoms with van der Waals surface area (Å²) in [6, 6.07) is 4.60. The van der Waals surface area contributed by atoms with Crippen LogP contribution >= 0.6 is 11.6 Å². The van der Waals surface area contributed by atoms with Crippen molar-refractivity contribution in [1.29, 1.82) is 0 Å². The number of rotatable bonds is 5. The van der Waals surface area contributed by atoms with Crippen LogP contribution in [0.5, 0.6) is 5.75 Å². The van der Waals surface area contributed by atoms with E-state index in [4.69, 9.17) is 21.1 Å². The lowest BCUT2D eigenvalue weighted by Gasteiger charge is -2.24. The number of benzene rings is 1. The first-order valence-corrected chi connectivity index (χ1v) is 8.03. The molecule has 1 heterocycles. The van der Waals surface area contributed by atoms with E-state index in [1.807, 2.05) is 6.92 Å². The Morgan fingerprint density at radius 1 is 1.38 bits per heavy atom. The fourth-order valence-corrected chi connectivity index (χ4v) is 2.41. The number of imide groups is 1. The van der Waals surface area contributed by atoms with Gasteiger partial charge in [-0.1, -0.05) is 18.5 Å². The molecule has 0 unspecified atom stereocenters. The molecule has 0 aliphatic carbocycles. The minimum atomic E-state index is -0.683. The zero-order chi connectivity index (χ0) is 17.5. The number of carbonyl (C=O) groups excluding carboxylic acids is 3. The summed E-state index contributed by atoms with van der Waals surface area (Å²) in [6.07, 6.45) is 1.18. The number of halogens is 1. The second-order valence-electron chi connectivity index (χ2n) is 5.38. The van der Waals surface area contributed by atoms with Gasteiger partial charge >= 0.3 is 12.0 Å². The third-order valence-corrected chi connectivity index (χ3v) is 3.63. The molecular weight excluding hydrogens is 336 g/mol. The summed E-state index contributed by atoms with van der Waals surface area (Å²) in [5, 5.41) is 5.13. The van der Waals surface area contributed by atoms with Crippen molar-refractivity contribution >= 4 is 29.5 Å². The van der Waals surface area contributed by atoms with Crippen LogP contribution in [0, 0.1) is 5.92 Å². The number of ether oxygens (including phenoxy) is 2. The van der Waals surface area contributed by atoms with Gasteiger partial charge in [-0.25, -0.2) is 4.79 Å². The standard InChI is InChI=1S/C16H19ClN2O5/c1-2-5-18-16(22)19-14(20)9-24-15(21)11-6-10-7-12(17)3-4-13(10)23-8-11/h3-4,7,11H,2,5-6,8-9H2,1H3,(H2,18,19,20,22)/t11-/m0/s1. The van der Waals surface area contributed by atoms with Crippen molar-refractivity contribution in [2.45, 2.75) is 19.8 Å². The van der Waals surface area contributed by atoms with E-state index >= 15 is 0 Å². The Labute approximate surface area is 144 Å². The van der Waals surface area contributed by atoms with Gasteiger partial charge in [0, 0.05) is 11.6 Å². The Morgan fingerprint density at radius 3 is 2.92 bits per heavy atom. The van der Waals surface area contributed by atoms with Crippen molar-refractivity contribution in [3.8, 4) is 5.75 Å². The zero-order valence-corrected chi connectivity index (χ0v) is 14.0. The van der Waals surface area contributed by atoms with E-state index in [0.717, 1.165) is 12.0 Å². The Hall–Kier alpha value is -2.28. The summed E-state index contributed by atoms with van der Waals surface area (Å²) in [7, 11) is 0. The summed E-state index contributed by atoms with van der Waals surface area (Å²) in [5.74, 6) is -1.06. The van der Waals surface area contributed by atoms with Crippen molar-refractivity contribution in [1.82, 2.24) is 10.6 Å². The summed E-state index contributed by atoms with van der Waals surface area (Å²) in [5.41, 5.74) is 0.819. The highest BCUT2D eigenvalue weighted by atomic mass is 35.5. The maximum atomic E-state index is 12.0. The second-order valence-corrected chi connectivity index (χ2v) is 5.81. The van der Waals surface area contributed by atoms with Crippen molar-refractivity contribution < 1.29 is 23.9 Å². The molecule has 1 aromatic carbocycles. The average Bonchev–Trinajstić information content (AvgIpc) is 2.57. The van der Waals surface area contributed by atoms with Crippen LogP contribution in [0.3, 0.4) is 0 Å². The normalized spacial score (nSPS) is 15.7. The van der Waals surface area contributed by atoms with Gasteiger partial charge in [0.15, 0.2) is 6.61 Å². The molecule has 3 amide bonds. The van der Waals surface area contributed by atoms with Gasteiger partial charge in [-0.05, 0) is 36.6 Å². The molecule has 0 saturated carbocycles. The van der Waals surface area contributed by atoms with Gasteiger partial charge in [-0.15, -0.1) is 0 Å². The summed E-state index contributed by atoms with van der Waals surface area (Å²) >= 11 is 5.93. The van der Waals surface area contributed by atoms with E-state index in [0.29, 0.717) is 23.7 Å². The first-order valence-electron chi connectivity index (χ1n) is 7.65. The molecule has 2 N–H and O–H groups in total. The fourth-order valence-electron chi connectivity index (χ4n) is 2.21. The highest BCUT2D eigenvalue weighted by Crippen LogP contribution is 2.30. The van der Waals surface area contributed by atoms with Gasteiger partial charge in [-0.3, -0.25) is 14.9 Å². The molecule has 0 fully saturated rings. The van der Waals surface area contributed by atoms with Crippen molar-refractivity contribution in [2.24, 2.45) is 5.92 Å². The number of esters is 1. The van der Waals surface area contributed by atoms with Gasteiger partial charge in [0.05, 0.1) is 5.92 Å². The largest absolute Gasteiger partial charge is 0.492 e. The number of nitrogens with one attached hydrogen (secondary N) is 2. The Balaban J connectivity index is 1.79. The molecule has 2 rings (SSSR count). The number of fused-ring (bicyclic) bond motifs is 1. The maximum absolute atomic E-state index is 12.0. The lowest BCUT2D eigenvalue weighted by atomic mass is 9.97. The Bertz CT molecular complexity index is 635. The van der Waals surface area contributed by atoms with E-state index in [1.165, 1.54) is 0 Å². The van der Waals surface area contributed by atoms with E-state index in [1.54, 1.807) is 18.2 Å². The average molecular weight is 355 g/mol. The summed E-state index contributed by atoms with van der Waals surface area (Å²) in [6.45, 7) is 2.01. The highest BCUT2D eigenvalue weighted by Gasteiger charge is 2.28. The molecule has 0 saturated heterocycles. The second kappa shape index (κ2) is 8.54. The van der Waals surface area contributed by atoms with Crippen LogP contribution in [0.15, 0.2) is 18.2 Å². The van der Waals surface area contributed by atoms with Gasteiger partial charge in [0.25, 0.3) is 5.91 Å². The third-order valence-electron chi connectivity index (χ3n) is 3.40. The molecule has 0 radical (unpaired) electrons. The lowest BCUT2D eigenvalue weighted by Crippen LogP contribution is -2.42. The molecule has 0 spiro atoms. The van der Waals surface area contributed by atoms with E-state index < -0.39 is 30.4 Å². The van der Waals surface area contributed by atoms with Gasteiger partial charge in [0.1, 0.15) is 12.4 Å². The number of hydrogen-bond donors (Lipinski definition) is 2. The molecule has 130 valence electrons. The minimum absolute atomic E-state index is 0.173. The minimum Gasteiger partial charge on any atom is -0.492 e. The third kappa shape index (κ3) is 5.13. The molecule has 1 aliphatic heterocycles. The Morgan fingerprint density at radius 2 is 2.17 bits per heavy atom. The molecule has 1 aromatic rings. The van der Waals surface area contributed by atoms with Gasteiger partial charge in [0.2, 0.25) is 0 Å². The number of carbonyl (C=O) groups is 3. The van der Waals surface area contributed by atoms with Crippen LogP contribution in [-0.4, -0.2) is 37.7 Å². The SMILES string of the molecule is CCCNC(=O)NC(=O)COC(=O)[C@@H]1COc2ccc(Cl)cc2C1. The molecule has 24 heavy (non-hydrogen) atoms. The highest BCUT2D eigenvalue weighted by molar-refractivity contribution is 6.30. The maximum Gasteiger partial charge on any atom is 0.321 e. The molecule has 1 atom stereocenters. The predicted molar refractivity (Wildman–Crippen MR) is 86.9 cm³/mol. The summed E-state index contributed by atoms with van der Waals surface area (Å²) < 4.78 is 10.5. The van der Waals surface area contributed by atoms with Crippen LogP contribution in [0.25, 0.3) is 0 Å². The number of amides is 3. The molecule has 8 heteroatoms. The molecule has 1 aliphatic rings. The first kappa shape index (κ1) is 18.1.